The van der Waals surface area contributed by atoms with Crippen molar-refractivity contribution < 1.29 is 9.53 Å². The van der Waals surface area contributed by atoms with E-state index in [-0.39, 0.29) is 0 Å². The third-order valence-corrected chi connectivity index (χ3v) is 5.71. The first-order chi connectivity index (χ1) is 14.3. The lowest BCUT2D eigenvalue weighted by Crippen LogP contribution is -2.33. The number of nitrogens with one attached hydrogen (secondary N) is 1. The van der Waals surface area contributed by atoms with E-state index in [9.17, 15) is 4.79 Å². The summed E-state index contributed by atoms with van der Waals surface area (Å²) in [7, 11) is 0. The van der Waals surface area contributed by atoms with Gasteiger partial charge in [-0.05, 0) is 73.7 Å². The molecule has 4 heteroatoms. The van der Waals surface area contributed by atoms with Crippen LogP contribution in [0, 0.1) is 0 Å². The van der Waals surface area contributed by atoms with Crippen molar-refractivity contribution in [3.63, 3.8) is 0 Å². The van der Waals surface area contributed by atoms with Crippen LogP contribution < -0.4 is 5.32 Å². The fraction of sp³-hybridized carbons (Fsp3) is 0.346. The van der Waals surface area contributed by atoms with Gasteiger partial charge in [0.15, 0.2) is 0 Å². The molecule has 1 aliphatic rings. The second-order valence-electron chi connectivity index (χ2n) is 9.08. The number of carbonyl (C=O) groups excluding carboxylic acids is 1. The molecule has 4 nitrogen and oxygen atoms in total. The zero-order chi connectivity index (χ0) is 21.3. The average Bonchev–Trinajstić information content (AvgIpc) is 2.71. The summed E-state index contributed by atoms with van der Waals surface area (Å²) in [5, 5.41) is 5.47. The number of nitrogens with zero attached hydrogens (tertiary/aromatic N) is 1. The molecule has 1 amide bonds. The number of carbonyl (C=O) groups is 1. The Morgan fingerprint density at radius 1 is 1.03 bits per heavy atom. The Kier molecular flexibility index (Phi) is 5.52. The van der Waals surface area contributed by atoms with Crippen molar-refractivity contribution in [1.29, 1.82) is 0 Å². The molecule has 0 aromatic heterocycles. The van der Waals surface area contributed by atoms with Crippen LogP contribution in [-0.4, -0.2) is 23.1 Å². The first kappa shape index (κ1) is 20.4. The maximum atomic E-state index is 12.1. The molecule has 30 heavy (non-hydrogen) atoms. The predicted octanol–water partition coefficient (Wildman–Crippen LogP) is 6.31. The van der Waals surface area contributed by atoms with Crippen LogP contribution in [0.4, 0.5) is 10.5 Å². The van der Waals surface area contributed by atoms with Gasteiger partial charge in [-0.3, -0.25) is 10.2 Å². The van der Waals surface area contributed by atoms with Gasteiger partial charge in [-0.15, -0.1) is 0 Å². The molecule has 3 aromatic rings. The highest BCUT2D eigenvalue weighted by Crippen LogP contribution is 2.32. The van der Waals surface area contributed by atoms with Gasteiger partial charge in [0.1, 0.15) is 5.60 Å². The highest BCUT2D eigenvalue weighted by Gasteiger charge is 2.23. The number of fused-ring (bicyclic) bond motifs is 2. The van der Waals surface area contributed by atoms with Crippen LogP contribution in [0.1, 0.15) is 50.4 Å². The van der Waals surface area contributed by atoms with Crippen LogP contribution in [0.15, 0.2) is 60.7 Å². The Labute approximate surface area is 178 Å². The quantitative estimate of drug-likeness (QED) is 0.558. The molecule has 0 aliphatic carbocycles. The molecule has 1 heterocycles. The van der Waals surface area contributed by atoms with Crippen molar-refractivity contribution in [3.8, 4) is 0 Å². The minimum atomic E-state index is -0.503. The van der Waals surface area contributed by atoms with E-state index in [1.54, 1.807) is 0 Å². The third-order valence-electron chi connectivity index (χ3n) is 5.71. The second-order valence-corrected chi connectivity index (χ2v) is 9.08. The molecule has 1 unspecified atom stereocenters. The van der Waals surface area contributed by atoms with Crippen LogP contribution in [0.2, 0.25) is 0 Å². The van der Waals surface area contributed by atoms with E-state index in [1.165, 1.54) is 27.5 Å². The van der Waals surface area contributed by atoms with E-state index in [1.807, 2.05) is 26.8 Å². The minimum absolute atomic E-state index is 0.337. The van der Waals surface area contributed by atoms with Crippen molar-refractivity contribution in [2.24, 2.45) is 0 Å². The molecule has 0 saturated heterocycles. The van der Waals surface area contributed by atoms with E-state index < -0.39 is 11.7 Å². The molecule has 4 rings (SSSR count). The lowest BCUT2D eigenvalue weighted by atomic mass is 9.94. The molecule has 0 fully saturated rings. The van der Waals surface area contributed by atoms with Gasteiger partial charge in [-0.25, -0.2) is 4.79 Å². The van der Waals surface area contributed by atoms with Gasteiger partial charge in [0.2, 0.25) is 0 Å². The van der Waals surface area contributed by atoms with Gasteiger partial charge in [0.25, 0.3) is 0 Å². The summed E-state index contributed by atoms with van der Waals surface area (Å²) in [5.41, 5.74) is 4.28. The number of hydrogen-bond donors (Lipinski definition) is 1. The molecule has 1 N–H and O–H groups in total. The molecule has 0 saturated carbocycles. The molecule has 156 valence electrons. The normalized spacial score (nSPS) is 15.5. The van der Waals surface area contributed by atoms with Gasteiger partial charge in [0.05, 0.1) is 0 Å². The molecule has 0 radical (unpaired) electrons. The first-order valence-electron chi connectivity index (χ1n) is 10.6. The second kappa shape index (κ2) is 8.11. The van der Waals surface area contributed by atoms with Gasteiger partial charge in [0, 0.05) is 24.8 Å². The van der Waals surface area contributed by atoms with Crippen molar-refractivity contribution in [2.45, 2.75) is 52.3 Å². The van der Waals surface area contributed by atoms with Crippen molar-refractivity contribution in [1.82, 2.24) is 4.90 Å². The van der Waals surface area contributed by atoms with Gasteiger partial charge in [-0.1, -0.05) is 48.5 Å². The lowest BCUT2D eigenvalue weighted by Gasteiger charge is -2.34. The van der Waals surface area contributed by atoms with E-state index in [4.69, 9.17) is 4.74 Å². The number of ether oxygens (including phenoxy) is 1. The van der Waals surface area contributed by atoms with E-state index in [0.717, 1.165) is 25.2 Å². The average molecular weight is 403 g/mol. The fourth-order valence-corrected chi connectivity index (χ4v) is 4.22. The van der Waals surface area contributed by atoms with E-state index in [2.05, 4.69) is 71.7 Å². The molecule has 1 aliphatic heterocycles. The Morgan fingerprint density at radius 2 is 1.80 bits per heavy atom. The SMILES string of the molecule is CC(c1cccc2ccccc12)N1CCc2cc(NC(=O)OC(C)(C)C)ccc2C1. The largest absolute Gasteiger partial charge is 0.444 e. The van der Waals surface area contributed by atoms with Gasteiger partial charge < -0.3 is 4.74 Å². The van der Waals surface area contributed by atoms with Crippen LogP contribution in [0.25, 0.3) is 10.8 Å². The zero-order valence-electron chi connectivity index (χ0n) is 18.2. The number of rotatable bonds is 3. The summed E-state index contributed by atoms with van der Waals surface area (Å²) in [6.45, 7) is 9.80. The Morgan fingerprint density at radius 3 is 2.60 bits per heavy atom. The smallest absolute Gasteiger partial charge is 0.412 e. The minimum Gasteiger partial charge on any atom is -0.444 e. The van der Waals surface area contributed by atoms with Crippen LogP contribution in [0.3, 0.4) is 0 Å². The predicted molar refractivity (Wildman–Crippen MR) is 123 cm³/mol. The fourth-order valence-electron chi connectivity index (χ4n) is 4.22. The van der Waals surface area contributed by atoms with Crippen molar-refractivity contribution >= 4 is 22.6 Å². The molecule has 0 bridgehead atoms. The lowest BCUT2D eigenvalue weighted by molar-refractivity contribution is 0.0636. The number of hydrogen-bond acceptors (Lipinski definition) is 3. The monoisotopic (exact) mass is 402 g/mol. The van der Waals surface area contributed by atoms with Crippen LogP contribution in [0.5, 0.6) is 0 Å². The summed E-state index contributed by atoms with van der Waals surface area (Å²) < 4.78 is 5.36. The Hall–Kier alpha value is -2.85. The maximum Gasteiger partial charge on any atom is 0.412 e. The Bertz CT molecular complexity index is 1060. The number of benzene rings is 3. The van der Waals surface area contributed by atoms with E-state index >= 15 is 0 Å². The Balaban J connectivity index is 1.49. The number of anilines is 1. The van der Waals surface area contributed by atoms with Crippen molar-refractivity contribution in [3.05, 3.63) is 77.4 Å². The van der Waals surface area contributed by atoms with Gasteiger partial charge >= 0.3 is 6.09 Å². The first-order valence-corrected chi connectivity index (χ1v) is 10.6. The highest BCUT2D eigenvalue weighted by molar-refractivity contribution is 5.86. The van der Waals surface area contributed by atoms with Crippen molar-refractivity contribution in [2.75, 3.05) is 11.9 Å². The standard InChI is InChI=1S/C26H30N2O2/c1-18(23-11-7-9-19-8-5-6-10-24(19)23)28-15-14-20-16-22(13-12-21(20)17-28)27-25(29)30-26(2,3)4/h5-13,16,18H,14-15,17H2,1-4H3,(H,27,29). The van der Waals surface area contributed by atoms with Crippen LogP contribution >= 0.6 is 0 Å². The number of amides is 1. The van der Waals surface area contributed by atoms with Crippen LogP contribution in [-0.2, 0) is 17.7 Å². The molecular weight excluding hydrogens is 372 g/mol. The molecule has 3 aromatic carbocycles. The maximum absolute atomic E-state index is 12.1. The summed E-state index contributed by atoms with van der Waals surface area (Å²) in [6.07, 6.45) is 0.554. The zero-order valence-corrected chi connectivity index (χ0v) is 18.2. The highest BCUT2D eigenvalue weighted by atomic mass is 16.6. The summed E-state index contributed by atoms with van der Waals surface area (Å²) in [5.74, 6) is 0. The molecule has 0 spiro atoms. The molecular formula is C26H30N2O2. The summed E-state index contributed by atoms with van der Waals surface area (Å²) in [6, 6.07) is 21.7. The summed E-state index contributed by atoms with van der Waals surface area (Å²) in [4.78, 5) is 14.6. The molecule has 1 atom stereocenters. The third kappa shape index (κ3) is 4.49. The summed E-state index contributed by atoms with van der Waals surface area (Å²) >= 11 is 0. The van der Waals surface area contributed by atoms with E-state index in [0.29, 0.717) is 6.04 Å². The van der Waals surface area contributed by atoms with Gasteiger partial charge in [-0.2, -0.15) is 0 Å². The topological polar surface area (TPSA) is 41.6 Å².